The van der Waals surface area contributed by atoms with Crippen molar-refractivity contribution in [3.8, 4) is 5.75 Å². The van der Waals surface area contributed by atoms with Gasteiger partial charge in [-0.25, -0.2) is 0 Å². The quantitative estimate of drug-likeness (QED) is 0.190. The van der Waals surface area contributed by atoms with Crippen molar-refractivity contribution in [2.24, 2.45) is 0 Å². The Hall–Kier alpha value is -3.03. The van der Waals surface area contributed by atoms with Crippen molar-refractivity contribution in [3.05, 3.63) is 100 Å². The number of ether oxygens (including phenoxy) is 1. The Balaban J connectivity index is 1.75. The first-order valence-corrected chi connectivity index (χ1v) is 13.6. The second-order valence-electron chi connectivity index (χ2n) is 9.68. The minimum atomic E-state index is -4.52. The molecule has 0 bridgehead atoms. The number of hydrogen-bond acceptors (Lipinski definition) is 3. The van der Waals surface area contributed by atoms with E-state index in [-0.39, 0.29) is 23.9 Å². The number of carboxylic acids is 1. The molecule has 0 heterocycles. The number of hydrogen-bond donors (Lipinski definition) is 1. The van der Waals surface area contributed by atoms with Gasteiger partial charge in [0.05, 0.1) is 23.6 Å². The Morgan fingerprint density at radius 2 is 1.77 bits per heavy atom. The SMILES string of the molecule is CCCCC(CN(CCCOc1cccc(CC(=O)O)c1)Cc1cccc(C(F)(F)F)c1Cl)c1ccccc1. The molecule has 210 valence electrons. The summed E-state index contributed by atoms with van der Waals surface area (Å²) in [6, 6.07) is 21.2. The smallest absolute Gasteiger partial charge is 0.417 e. The van der Waals surface area contributed by atoms with E-state index in [1.807, 2.05) is 18.2 Å². The van der Waals surface area contributed by atoms with E-state index >= 15 is 0 Å². The van der Waals surface area contributed by atoms with Gasteiger partial charge in [-0.15, -0.1) is 0 Å². The normalized spacial score (nSPS) is 12.5. The number of carbonyl (C=O) groups is 1. The van der Waals surface area contributed by atoms with Crippen LogP contribution in [0.4, 0.5) is 13.2 Å². The summed E-state index contributed by atoms with van der Waals surface area (Å²) in [6.07, 6.45) is -0.893. The van der Waals surface area contributed by atoms with Gasteiger partial charge >= 0.3 is 12.1 Å². The van der Waals surface area contributed by atoms with E-state index in [9.17, 15) is 18.0 Å². The number of rotatable bonds is 15. The first-order chi connectivity index (χ1) is 18.7. The van der Waals surface area contributed by atoms with Crippen molar-refractivity contribution in [2.45, 2.75) is 57.7 Å². The lowest BCUT2D eigenvalue weighted by Crippen LogP contribution is -2.30. The molecular formula is C31H35ClF3NO3. The lowest BCUT2D eigenvalue weighted by molar-refractivity contribution is -0.138. The molecule has 1 atom stereocenters. The molecule has 3 aromatic rings. The number of carboxylic acid groups (broad SMARTS) is 1. The van der Waals surface area contributed by atoms with Crippen LogP contribution < -0.4 is 4.74 Å². The molecule has 4 nitrogen and oxygen atoms in total. The van der Waals surface area contributed by atoms with Gasteiger partial charge in [0.25, 0.3) is 0 Å². The molecule has 0 radical (unpaired) electrons. The van der Waals surface area contributed by atoms with E-state index in [4.69, 9.17) is 21.4 Å². The zero-order valence-corrected chi connectivity index (χ0v) is 22.8. The van der Waals surface area contributed by atoms with Crippen LogP contribution in [0.25, 0.3) is 0 Å². The second kappa shape index (κ2) is 14.9. The number of benzene rings is 3. The Morgan fingerprint density at radius 3 is 2.46 bits per heavy atom. The fourth-order valence-electron chi connectivity index (χ4n) is 4.65. The topological polar surface area (TPSA) is 49.8 Å². The Kier molecular flexibility index (Phi) is 11.7. The first-order valence-electron chi connectivity index (χ1n) is 13.2. The van der Waals surface area contributed by atoms with Gasteiger partial charge in [-0.1, -0.05) is 86.0 Å². The molecule has 0 aromatic heterocycles. The molecular weight excluding hydrogens is 527 g/mol. The van der Waals surface area contributed by atoms with Gasteiger partial charge in [-0.05, 0) is 53.6 Å². The maximum absolute atomic E-state index is 13.5. The minimum absolute atomic E-state index is 0.0820. The Labute approximate surface area is 233 Å². The van der Waals surface area contributed by atoms with Crippen LogP contribution in [-0.2, 0) is 23.9 Å². The summed E-state index contributed by atoms with van der Waals surface area (Å²) in [4.78, 5) is 13.2. The second-order valence-corrected chi connectivity index (χ2v) is 10.1. The molecule has 0 aliphatic heterocycles. The maximum atomic E-state index is 13.5. The van der Waals surface area contributed by atoms with Crippen molar-refractivity contribution in [1.29, 1.82) is 0 Å². The van der Waals surface area contributed by atoms with Crippen LogP contribution in [0.3, 0.4) is 0 Å². The third kappa shape index (κ3) is 9.90. The summed E-state index contributed by atoms with van der Waals surface area (Å²) in [5, 5.41) is 8.77. The van der Waals surface area contributed by atoms with Gasteiger partial charge in [0.2, 0.25) is 0 Å². The summed E-state index contributed by atoms with van der Waals surface area (Å²) in [7, 11) is 0. The van der Waals surface area contributed by atoms with Gasteiger partial charge in [0.1, 0.15) is 5.75 Å². The van der Waals surface area contributed by atoms with Crippen LogP contribution in [0.15, 0.2) is 72.8 Å². The number of unbranched alkanes of at least 4 members (excludes halogenated alkanes) is 1. The molecule has 1 unspecified atom stereocenters. The number of halogens is 4. The number of alkyl halides is 3. The summed E-state index contributed by atoms with van der Waals surface area (Å²) < 4.78 is 46.4. The number of nitrogens with zero attached hydrogens (tertiary/aromatic N) is 1. The zero-order valence-electron chi connectivity index (χ0n) is 22.1. The molecule has 0 amide bonds. The van der Waals surface area contributed by atoms with Crippen LogP contribution in [0.5, 0.6) is 5.75 Å². The van der Waals surface area contributed by atoms with Crippen molar-refractivity contribution in [3.63, 3.8) is 0 Å². The molecule has 0 spiro atoms. The van der Waals surface area contributed by atoms with E-state index < -0.39 is 17.7 Å². The Bertz CT molecular complexity index is 1190. The van der Waals surface area contributed by atoms with E-state index in [0.717, 1.165) is 25.3 Å². The zero-order chi connectivity index (χ0) is 28.3. The predicted molar refractivity (Wildman–Crippen MR) is 148 cm³/mol. The molecule has 39 heavy (non-hydrogen) atoms. The summed E-state index contributed by atoms with van der Waals surface area (Å²) in [6.45, 7) is 4.08. The summed E-state index contributed by atoms with van der Waals surface area (Å²) in [5.74, 6) is -0.0947. The van der Waals surface area contributed by atoms with Crippen molar-refractivity contribution >= 4 is 17.6 Å². The molecule has 0 saturated heterocycles. The van der Waals surface area contributed by atoms with Crippen LogP contribution in [-0.4, -0.2) is 35.7 Å². The molecule has 0 saturated carbocycles. The van der Waals surface area contributed by atoms with Crippen molar-refractivity contribution < 1.29 is 27.8 Å². The molecule has 3 aromatic carbocycles. The third-order valence-electron chi connectivity index (χ3n) is 6.57. The highest BCUT2D eigenvalue weighted by molar-refractivity contribution is 6.32. The van der Waals surface area contributed by atoms with E-state index in [1.54, 1.807) is 30.3 Å². The fraction of sp³-hybridized carbons (Fsp3) is 0.387. The van der Waals surface area contributed by atoms with Crippen LogP contribution >= 0.6 is 11.6 Å². The van der Waals surface area contributed by atoms with Crippen molar-refractivity contribution in [2.75, 3.05) is 19.7 Å². The van der Waals surface area contributed by atoms with Crippen LogP contribution in [0.2, 0.25) is 5.02 Å². The van der Waals surface area contributed by atoms with Crippen LogP contribution in [0.1, 0.15) is 60.8 Å². The third-order valence-corrected chi connectivity index (χ3v) is 7.02. The number of aliphatic carboxylic acids is 1. The molecule has 0 fully saturated rings. The largest absolute Gasteiger partial charge is 0.494 e. The lowest BCUT2D eigenvalue weighted by atomic mass is 9.92. The first kappa shape index (κ1) is 30.5. The van der Waals surface area contributed by atoms with E-state index in [2.05, 4.69) is 24.0 Å². The standard InChI is InChI=1S/C31H35ClF3NO3/c1-2-3-11-25(24-12-5-4-6-13-24)21-36(22-26-14-8-16-28(30(26)32)31(33,34)35)17-9-18-39-27-15-7-10-23(19-27)20-29(37)38/h4-8,10,12-16,19,25H,2-3,9,11,17-18,20-22H2,1H3,(H,37,38). The lowest BCUT2D eigenvalue weighted by Gasteiger charge is -2.29. The highest BCUT2D eigenvalue weighted by Gasteiger charge is 2.34. The highest BCUT2D eigenvalue weighted by Crippen LogP contribution is 2.37. The van der Waals surface area contributed by atoms with E-state index in [0.29, 0.717) is 43.0 Å². The average molecular weight is 562 g/mol. The molecule has 3 rings (SSSR count). The van der Waals surface area contributed by atoms with E-state index in [1.165, 1.54) is 11.6 Å². The maximum Gasteiger partial charge on any atom is 0.417 e. The van der Waals surface area contributed by atoms with Crippen molar-refractivity contribution in [1.82, 2.24) is 4.90 Å². The monoisotopic (exact) mass is 561 g/mol. The summed E-state index contributed by atoms with van der Waals surface area (Å²) >= 11 is 6.25. The van der Waals surface area contributed by atoms with Crippen LogP contribution in [0, 0.1) is 0 Å². The summed E-state index contributed by atoms with van der Waals surface area (Å²) in [5.41, 5.74) is 1.48. The minimum Gasteiger partial charge on any atom is -0.494 e. The van der Waals surface area contributed by atoms with Gasteiger partial charge in [-0.3, -0.25) is 9.69 Å². The molecule has 0 aliphatic rings. The van der Waals surface area contributed by atoms with Gasteiger partial charge in [-0.2, -0.15) is 13.2 Å². The highest BCUT2D eigenvalue weighted by atomic mass is 35.5. The van der Waals surface area contributed by atoms with Gasteiger partial charge in [0.15, 0.2) is 0 Å². The fourth-order valence-corrected chi connectivity index (χ4v) is 4.94. The predicted octanol–water partition coefficient (Wildman–Crippen LogP) is 8.23. The van der Waals surface area contributed by atoms with Gasteiger partial charge in [0, 0.05) is 19.6 Å². The average Bonchev–Trinajstić information content (AvgIpc) is 2.89. The molecule has 1 N–H and O–H groups in total. The Morgan fingerprint density at radius 1 is 1.03 bits per heavy atom. The van der Waals surface area contributed by atoms with Gasteiger partial charge < -0.3 is 9.84 Å². The molecule has 0 aliphatic carbocycles. The molecule has 8 heteroatoms.